The Kier molecular flexibility index (Phi) is 5.63. The third kappa shape index (κ3) is 5.85. The molecule has 4 nitrogen and oxygen atoms in total. The summed E-state index contributed by atoms with van der Waals surface area (Å²) in [6, 6.07) is 0.285. The lowest BCUT2D eigenvalue weighted by Crippen LogP contribution is -2.39. The van der Waals surface area contributed by atoms with E-state index in [0.29, 0.717) is 0 Å². The van der Waals surface area contributed by atoms with Gasteiger partial charge in [-0.25, -0.2) is 4.36 Å². The summed E-state index contributed by atoms with van der Waals surface area (Å²) < 4.78 is 15.2. The zero-order chi connectivity index (χ0) is 13.8. The van der Waals surface area contributed by atoms with Gasteiger partial charge in [-0.2, -0.15) is 0 Å². The summed E-state index contributed by atoms with van der Waals surface area (Å²) in [7, 11) is -2.17. The lowest BCUT2D eigenvalue weighted by molar-refractivity contribution is -0.120. The van der Waals surface area contributed by atoms with Crippen LogP contribution >= 0.6 is 0 Å². The van der Waals surface area contributed by atoms with Crippen LogP contribution in [0.25, 0.3) is 0 Å². The maximum absolute atomic E-state index is 11.6. The van der Waals surface area contributed by atoms with E-state index < -0.39 is 9.73 Å². The number of hydrogen-bond acceptors (Lipinski definition) is 3. The second kappa shape index (κ2) is 6.55. The predicted molar refractivity (Wildman–Crippen MR) is 76.0 cm³/mol. The van der Waals surface area contributed by atoms with Crippen molar-refractivity contribution in [2.75, 3.05) is 19.1 Å². The SMILES string of the molecule is CC(C)C1CCC(NC(=O)CN=S(C)(C)=O)CC1. The van der Waals surface area contributed by atoms with E-state index in [2.05, 4.69) is 23.5 Å². The van der Waals surface area contributed by atoms with Crippen molar-refractivity contribution in [3.8, 4) is 0 Å². The van der Waals surface area contributed by atoms with E-state index in [9.17, 15) is 9.00 Å². The van der Waals surface area contributed by atoms with E-state index in [1.807, 2.05) is 0 Å². The summed E-state index contributed by atoms with van der Waals surface area (Å²) in [6.45, 7) is 4.55. The summed E-state index contributed by atoms with van der Waals surface area (Å²) in [6.07, 6.45) is 7.60. The number of hydrogen-bond donors (Lipinski definition) is 1. The summed E-state index contributed by atoms with van der Waals surface area (Å²) >= 11 is 0. The van der Waals surface area contributed by atoms with Gasteiger partial charge in [-0.3, -0.25) is 9.00 Å². The molecule has 0 aromatic heterocycles. The van der Waals surface area contributed by atoms with E-state index in [-0.39, 0.29) is 18.5 Å². The van der Waals surface area contributed by atoms with Crippen LogP contribution < -0.4 is 5.32 Å². The number of nitrogens with zero attached hydrogens (tertiary/aromatic N) is 1. The van der Waals surface area contributed by atoms with Gasteiger partial charge >= 0.3 is 0 Å². The topological polar surface area (TPSA) is 58.5 Å². The highest BCUT2D eigenvalue weighted by Gasteiger charge is 2.23. The maximum atomic E-state index is 11.6. The molecule has 1 aliphatic carbocycles. The Morgan fingerprint density at radius 3 is 2.28 bits per heavy atom. The molecule has 0 atom stereocenters. The van der Waals surface area contributed by atoms with Gasteiger partial charge in [0.05, 0.1) is 0 Å². The van der Waals surface area contributed by atoms with Gasteiger partial charge in [0.25, 0.3) is 0 Å². The lowest BCUT2D eigenvalue weighted by Gasteiger charge is -2.31. The average molecular weight is 274 g/mol. The molecule has 0 saturated heterocycles. The van der Waals surface area contributed by atoms with E-state index in [1.54, 1.807) is 12.5 Å². The van der Waals surface area contributed by atoms with E-state index >= 15 is 0 Å². The monoisotopic (exact) mass is 274 g/mol. The molecule has 1 rings (SSSR count). The second-order valence-electron chi connectivity index (χ2n) is 5.89. The number of nitrogens with one attached hydrogen (secondary N) is 1. The van der Waals surface area contributed by atoms with Crippen molar-refractivity contribution in [2.45, 2.75) is 45.6 Å². The number of carbonyl (C=O) groups is 1. The van der Waals surface area contributed by atoms with Crippen molar-refractivity contribution in [3.05, 3.63) is 0 Å². The Balaban J connectivity index is 2.33. The van der Waals surface area contributed by atoms with Crippen molar-refractivity contribution < 1.29 is 9.00 Å². The van der Waals surface area contributed by atoms with Gasteiger partial charge in [0.15, 0.2) is 0 Å². The second-order valence-corrected chi connectivity index (χ2v) is 8.51. The van der Waals surface area contributed by atoms with Gasteiger partial charge in [0.1, 0.15) is 6.54 Å². The van der Waals surface area contributed by atoms with Gasteiger partial charge in [-0.05, 0) is 37.5 Å². The molecule has 0 aromatic rings. The van der Waals surface area contributed by atoms with Crippen LogP contribution in [-0.2, 0) is 14.5 Å². The molecule has 18 heavy (non-hydrogen) atoms. The molecule has 1 N–H and O–H groups in total. The number of carbonyl (C=O) groups excluding carboxylic acids is 1. The first-order valence-corrected chi connectivity index (χ1v) is 9.03. The minimum absolute atomic E-state index is 0.0238. The van der Waals surface area contributed by atoms with Crippen molar-refractivity contribution in [1.29, 1.82) is 0 Å². The molecule has 1 amide bonds. The maximum Gasteiger partial charge on any atom is 0.242 e. The van der Waals surface area contributed by atoms with Crippen LogP contribution in [0.15, 0.2) is 4.36 Å². The minimum atomic E-state index is -2.17. The smallest absolute Gasteiger partial charge is 0.242 e. The molecule has 1 saturated carbocycles. The molecule has 0 spiro atoms. The van der Waals surface area contributed by atoms with Gasteiger partial charge < -0.3 is 5.32 Å². The van der Waals surface area contributed by atoms with Gasteiger partial charge in [0, 0.05) is 28.3 Å². The molecule has 0 bridgehead atoms. The number of amides is 1. The molecule has 106 valence electrons. The molecule has 0 aromatic carbocycles. The molecule has 1 fully saturated rings. The first kappa shape index (κ1) is 15.5. The molecule has 5 heteroatoms. The molecule has 1 aliphatic rings. The largest absolute Gasteiger partial charge is 0.352 e. The summed E-state index contributed by atoms with van der Waals surface area (Å²) in [4.78, 5) is 11.6. The molecule has 0 radical (unpaired) electrons. The van der Waals surface area contributed by atoms with Crippen LogP contribution in [0.3, 0.4) is 0 Å². The molecule has 0 heterocycles. The lowest BCUT2D eigenvalue weighted by atomic mass is 9.80. The van der Waals surface area contributed by atoms with Crippen LogP contribution in [-0.4, -0.2) is 35.2 Å². The van der Waals surface area contributed by atoms with E-state index in [4.69, 9.17) is 0 Å². The first-order chi connectivity index (χ1) is 8.28. The zero-order valence-corrected chi connectivity index (χ0v) is 12.8. The van der Waals surface area contributed by atoms with Crippen LogP contribution in [0, 0.1) is 11.8 Å². The van der Waals surface area contributed by atoms with Crippen LogP contribution in [0.4, 0.5) is 0 Å². The van der Waals surface area contributed by atoms with Gasteiger partial charge in [-0.1, -0.05) is 13.8 Å². The molecular weight excluding hydrogens is 248 g/mol. The third-order valence-electron chi connectivity index (χ3n) is 3.60. The average Bonchev–Trinajstić information content (AvgIpc) is 2.26. The Morgan fingerprint density at radius 2 is 1.83 bits per heavy atom. The van der Waals surface area contributed by atoms with E-state index in [1.165, 1.54) is 12.8 Å². The van der Waals surface area contributed by atoms with Gasteiger partial charge in [-0.15, -0.1) is 0 Å². The zero-order valence-electron chi connectivity index (χ0n) is 11.9. The predicted octanol–water partition coefficient (Wildman–Crippen LogP) is 2.04. The first-order valence-electron chi connectivity index (χ1n) is 6.70. The highest BCUT2D eigenvalue weighted by molar-refractivity contribution is 7.92. The van der Waals surface area contributed by atoms with Crippen LogP contribution in [0.2, 0.25) is 0 Å². The van der Waals surface area contributed by atoms with Crippen molar-refractivity contribution >= 4 is 15.6 Å². The normalized spacial score (nSPS) is 24.9. The van der Waals surface area contributed by atoms with Crippen LogP contribution in [0.1, 0.15) is 39.5 Å². The highest BCUT2D eigenvalue weighted by atomic mass is 32.2. The Morgan fingerprint density at radius 1 is 1.28 bits per heavy atom. The Hall–Kier alpha value is -0.580. The standard InChI is InChI=1S/C13H26N2O2S/c1-10(2)11-5-7-12(8-6-11)15-13(16)9-14-18(3,4)17/h10-12H,5-9H2,1-4H3,(H,15,16). The quantitative estimate of drug-likeness (QED) is 0.853. The molecule has 0 aliphatic heterocycles. The van der Waals surface area contributed by atoms with Crippen molar-refractivity contribution in [3.63, 3.8) is 0 Å². The molecular formula is C13H26N2O2S. The summed E-state index contributed by atoms with van der Waals surface area (Å²) in [5.41, 5.74) is 0. The third-order valence-corrected chi connectivity index (χ3v) is 4.35. The minimum Gasteiger partial charge on any atom is -0.352 e. The number of rotatable bonds is 4. The Labute approximate surface area is 111 Å². The fraction of sp³-hybridized carbons (Fsp3) is 0.923. The highest BCUT2D eigenvalue weighted by Crippen LogP contribution is 2.29. The fourth-order valence-electron chi connectivity index (χ4n) is 2.42. The van der Waals surface area contributed by atoms with Crippen LogP contribution in [0.5, 0.6) is 0 Å². The Bertz CT molecular complexity index is 382. The van der Waals surface area contributed by atoms with Crippen molar-refractivity contribution in [1.82, 2.24) is 5.32 Å². The summed E-state index contributed by atoms with van der Waals surface area (Å²) in [5, 5.41) is 2.99. The fourth-order valence-corrected chi connectivity index (χ4v) is 2.85. The van der Waals surface area contributed by atoms with Gasteiger partial charge in [0.2, 0.25) is 5.91 Å². The summed E-state index contributed by atoms with van der Waals surface area (Å²) in [5.74, 6) is 1.44. The molecule has 0 unspecified atom stereocenters. The van der Waals surface area contributed by atoms with E-state index in [0.717, 1.165) is 24.7 Å². The van der Waals surface area contributed by atoms with Crippen molar-refractivity contribution in [2.24, 2.45) is 16.2 Å².